The molecule has 1 fully saturated rings. The van der Waals surface area contributed by atoms with Crippen LogP contribution in [0.1, 0.15) is 38.7 Å². The van der Waals surface area contributed by atoms with Crippen molar-refractivity contribution in [1.82, 2.24) is 5.32 Å². The molecular formula is C17H27NO2. The predicted molar refractivity (Wildman–Crippen MR) is 82.4 cm³/mol. The molecule has 0 spiro atoms. The van der Waals surface area contributed by atoms with Crippen molar-refractivity contribution in [2.75, 3.05) is 14.2 Å². The van der Waals surface area contributed by atoms with Gasteiger partial charge in [0.1, 0.15) is 11.5 Å². The van der Waals surface area contributed by atoms with Crippen LogP contribution in [0.4, 0.5) is 0 Å². The van der Waals surface area contributed by atoms with Crippen molar-refractivity contribution in [3.8, 4) is 11.5 Å². The van der Waals surface area contributed by atoms with Gasteiger partial charge in [0.15, 0.2) is 0 Å². The van der Waals surface area contributed by atoms with Crippen molar-refractivity contribution in [2.45, 2.75) is 45.7 Å². The molecule has 1 aromatic carbocycles. The summed E-state index contributed by atoms with van der Waals surface area (Å²) in [6, 6.07) is 6.66. The summed E-state index contributed by atoms with van der Waals surface area (Å²) < 4.78 is 10.7. The Kier molecular flexibility index (Phi) is 5.30. The van der Waals surface area contributed by atoms with Crippen molar-refractivity contribution >= 4 is 0 Å². The maximum absolute atomic E-state index is 5.45. The molecule has 0 heterocycles. The molecule has 0 aromatic heterocycles. The van der Waals surface area contributed by atoms with Crippen LogP contribution in [0.25, 0.3) is 0 Å². The van der Waals surface area contributed by atoms with Gasteiger partial charge in [0.05, 0.1) is 14.2 Å². The molecule has 0 radical (unpaired) electrons. The molecule has 2 rings (SSSR count). The van der Waals surface area contributed by atoms with Gasteiger partial charge in [-0.3, -0.25) is 0 Å². The summed E-state index contributed by atoms with van der Waals surface area (Å²) in [5, 5.41) is 3.70. The summed E-state index contributed by atoms with van der Waals surface area (Å²) in [6.45, 7) is 5.54. The molecule has 0 bridgehead atoms. The molecular weight excluding hydrogens is 250 g/mol. The lowest BCUT2D eigenvalue weighted by Gasteiger charge is -2.21. The van der Waals surface area contributed by atoms with Crippen LogP contribution in [0.3, 0.4) is 0 Å². The van der Waals surface area contributed by atoms with E-state index in [1.807, 2.05) is 12.1 Å². The zero-order valence-electron chi connectivity index (χ0n) is 13.1. The molecule has 1 aromatic rings. The Morgan fingerprint density at radius 2 is 2.00 bits per heavy atom. The van der Waals surface area contributed by atoms with Crippen molar-refractivity contribution in [1.29, 1.82) is 0 Å². The van der Waals surface area contributed by atoms with Gasteiger partial charge < -0.3 is 14.8 Å². The summed E-state index contributed by atoms with van der Waals surface area (Å²) >= 11 is 0. The zero-order valence-corrected chi connectivity index (χ0v) is 13.1. The molecule has 20 heavy (non-hydrogen) atoms. The highest BCUT2D eigenvalue weighted by atomic mass is 16.5. The number of hydrogen-bond donors (Lipinski definition) is 1. The van der Waals surface area contributed by atoms with E-state index in [9.17, 15) is 0 Å². The van der Waals surface area contributed by atoms with E-state index in [-0.39, 0.29) is 0 Å². The van der Waals surface area contributed by atoms with Crippen LogP contribution in [-0.2, 0) is 6.54 Å². The van der Waals surface area contributed by atoms with Gasteiger partial charge in [-0.15, -0.1) is 0 Å². The number of benzene rings is 1. The topological polar surface area (TPSA) is 30.5 Å². The molecule has 1 aliphatic rings. The highest BCUT2D eigenvalue weighted by Crippen LogP contribution is 2.34. The first-order chi connectivity index (χ1) is 9.69. The Labute approximate surface area is 122 Å². The smallest absolute Gasteiger partial charge is 0.127 e. The highest BCUT2D eigenvalue weighted by molar-refractivity contribution is 5.40. The molecule has 0 amide bonds. The number of rotatable bonds is 6. The van der Waals surface area contributed by atoms with E-state index in [1.54, 1.807) is 14.2 Å². The Morgan fingerprint density at radius 3 is 2.60 bits per heavy atom. The van der Waals surface area contributed by atoms with Crippen molar-refractivity contribution in [3.63, 3.8) is 0 Å². The lowest BCUT2D eigenvalue weighted by molar-refractivity contribution is 0.341. The maximum Gasteiger partial charge on any atom is 0.127 e. The first-order valence-electron chi connectivity index (χ1n) is 7.63. The minimum Gasteiger partial charge on any atom is -0.497 e. The number of methoxy groups -OCH3 is 2. The fourth-order valence-corrected chi connectivity index (χ4v) is 3.35. The number of ether oxygens (including phenoxy) is 2. The van der Waals surface area contributed by atoms with Crippen LogP contribution < -0.4 is 14.8 Å². The van der Waals surface area contributed by atoms with Crippen LogP contribution in [0.2, 0.25) is 0 Å². The van der Waals surface area contributed by atoms with Gasteiger partial charge in [-0.2, -0.15) is 0 Å². The summed E-state index contributed by atoms with van der Waals surface area (Å²) in [4.78, 5) is 0. The van der Waals surface area contributed by atoms with E-state index in [0.29, 0.717) is 6.04 Å². The van der Waals surface area contributed by atoms with Gasteiger partial charge >= 0.3 is 0 Å². The second-order valence-corrected chi connectivity index (χ2v) is 5.77. The summed E-state index contributed by atoms with van der Waals surface area (Å²) in [7, 11) is 3.39. The molecule has 1 saturated carbocycles. The van der Waals surface area contributed by atoms with E-state index in [0.717, 1.165) is 29.9 Å². The van der Waals surface area contributed by atoms with E-state index >= 15 is 0 Å². The van der Waals surface area contributed by atoms with Crippen LogP contribution in [-0.4, -0.2) is 20.3 Å². The Bertz CT molecular complexity index is 433. The monoisotopic (exact) mass is 277 g/mol. The minimum atomic E-state index is 0.631. The third-order valence-corrected chi connectivity index (χ3v) is 4.80. The molecule has 3 atom stereocenters. The first-order valence-corrected chi connectivity index (χ1v) is 7.63. The Balaban J connectivity index is 1.97. The van der Waals surface area contributed by atoms with Gasteiger partial charge in [-0.1, -0.05) is 26.3 Å². The second kappa shape index (κ2) is 6.98. The average Bonchev–Trinajstić information content (AvgIpc) is 2.85. The normalized spacial score (nSPS) is 25.7. The molecule has 1 aliphatic carbocycles. The average molecular weight is 277 g/mol. The van der Waals surface area contributed by atoms with E-state index in [1.165, 1.54) is 24.8 Å². The van der Waals surface area contributed by atoms with Gasteiger partial charge in [-0.05, 0) is 30.7 Å². The third kappa shape index (κ3) is 3.26. The van der Waals surface area contributed by atoms with E-state index < -0.39 is 0 Å². The SMILES string of the molecule is CCC1CCC(NCc2ccc(OC)cc2OC)C1C. The second-order valence-electron chi connectivity index (χ2n) is 5.77. The zero-order chi connectivity index (χ0) is 14.5. The minimum absolute atomic E-state index is 0.631. The number of nitrogens with one attached hydrogen (secondary N) is 1. The van der Waals surface area contributed by atoms with Crippen molar-refractivity contribution < 1.29 is 9.47 Å². The quantitative estimate of drug-likeness (QED) is 0.861. The molecule has 3 unspecified atom stereocenters. The molecule has 0 aliphatic heterocycles. The summed E-state index contributed by atoms with van der Waals surface area (Å²) in [5.41, 5.74) is 1.19. The van der Waals surface area contributed by atoms with Crippen LogP contribution in [0.5, 0.6) is 11.5 Å². The lowest BCUT2D eigenvalue weighted by Crippen LogP contribution is -2.32. The molecule has 112 valence electrons. The van der Waals surface area contributed by atoms with Crippen LogP contribution in [0.15, 0.2) is 18.2 Å². The van der Waals surface area contributed by atoms with Crippen molar-refractivity contribution in [2.24, 2.45) is 11.8 Å². The lowest BCUT2D eigenvalue weighted by atomic mass is 9.93. The molecule has 3 nitrogen and oxygen atoms in total. The number of hydrogen-bond acceptors (Lipinski definition) is 3. The predicted octanol–water partition coefficient (Wildman–Crippen LogP) is 3.62. The largest absolute Gasteiger partial charge is 0.497 e. The Morgan fingerprint density at radius 1 is 1.20 bits per heavy atom. The van der Waals surface area contributed by atoms with Gasteiger partial charge in [0, 0.05) is 24.2 Å². The summed E-state index contributed by atoms with van der Waals surface area (Å²) in [5.74, 6) is 3.38. The fraction of sp³-hybridized carbons (Fsp3) is 0.647. The van der Waals surface area contributed by atoms with Gasteiger partial charge in [0.25, 0.3) is 0 Å². The maximum atomic E-state index is 5.45. The Hall–Kier alpha value is -1.22. The standard InChI is InChI=1S/C17H27NO2/c1-5-13-7-9-16(12(13)2)18-11-14-6-8-15(19-3)10-17(14)20-4/h6,8,10,12-13,16,18H,5,7,9,11H2,1-4H3. The van der Waals surface area contributed by atoms with E-state index in [4.69, 9.17) is 9.47 Å². The highest BCUT2D eigenvalue weighted by Gasteiger charge is 2.31. The first kappa shape index (κ1) is 15.2. The summed E-state index contributed by atoms with van der Waals surface area (Å²) in [6.07, 6.45) is 3.94. The van der Waals surface area contributed by atoms with Gasteiger partial charge in [-0.25, -0.2) is 0 Å². The van der Waals surface area contributed by atoms with Crippen LogP contribution >= 0.6 is 0 Å². The fourth-order valence-electron chi connectivity index (χ4n) is 3.35. The van der Waals surface area contributed by atoms with Gasteiger partial charge in [0.2, 0.25) is 0 Å². The van der Waals surface area contributed by atoms with E-state index in [2.05, 4.69) is 25.2 Å². The van der Waals surface area contributed by atoms with Crippen LogP contribution in [0, 0.1) is 11.8 Å². The molecule has 0 saturated heterocycles. The van der Waals surface area contributed by atoms with Crippen molar-refractivity contribution in [3.05, 3.63) is 23.8 Å². The molecule has 3 heteroatoms. The third-order valence-electron chi connectivity index (χ3n) is 4.80. The molecule has 1 N–H and O–H groups in total.